The predicted molar refractivity (Wildman–Crippen MR) is 65.6 cm³/mol. The van der Waals surface area contributed by atoms with Gasteiger partial charge in [-0.3, -0.25) is 0 Å². The molecule has 1 atom stereocenters. The van der Waals surface area contributed by atoms with E-state index in [2.05, 4.69) is 9.97 Å². The van der Waals surface area contributed by atoms with Crippen molar-refractivity contribution in [3.63, 3.8) is 0 Å². The van der Waals surface area contributed by atoms with Crippen molar-refractivity contribution >= 4 is 5.82 Å². The van der Waals surface area contributed by atoms with Crippen molar-refractivity contribution in [3.8, 4) is 0 Å². The quantitative estimate of drug-likeness (QED) is 0.895. The number of alkyl halides is 2. The van der Waals surface area contributed by atoms with Gasteiger partial charge in [-0.2, -0.15) is 0 Å². The van der Waals surface area contributed by atoms with Crippen molar-refractivity contribution in [2.75, 3.05) is 24.5 Å². The highest BCUT2D eigenvalue weighted by Crippen LogP contribution is 2.29. The summed E-state index contributed by atoms with van der Waals surface area (Å²) in [6.07, 6.45) is 3.23. The topological polar surface area (TPSA) is 55.0 Å². The molecule has 0 aliphatic carbocycles. The number of piperidine rings is 1. The van der Waals surface area contributed by atoms with Crippen LogP contribution in [0.5, 0.6) is 0 Å². The smallest absolute Gasteiger partial charge is 0.284 e. The highest BCUT2D eigenvalue weighted by molar-refractivity contribution is 5.44. The van der Waals surface area contributed by atoms with Gasteiger partial charge in [0.1, 0.15) is 5.69 Å². The number of nitrogens with two attached hydrogens (primary N) is 1. The van der Waals surface area contributed by atoms with Crippen molar-refractivity contribution in [2.24, 2.45) is 11.7 Å². The first-order valence-electron chi connectivity index (χ1n) is 6.26. The molecule has 1 saturated heterocycles. The summed E-state index contributed by atoms with van der Waals surface area (Å²) < 4.78 is 25.8. The Labute approximate surface area is 105 Å². The fourth-order valence-electron chi connectivity index (χ4n) is 2.47. The molecule has 2 rings (SSSR count). The third-order valence-electron chi connectivity index (χ3n) is 3.31. The van der Waals surface area contributed by atoms with E-state index in [1.165, 1.54) is 12.4 Å². The minimum Gasteiger partial charge on any atom is -0.355 e. The highest BCUT2D eigenvalue weighted by Gasteiger charge is 2.25. The maximum absolute atomic E-state index is 12.9. The Morgan fingerprint density at radius 2 is 2.17 bits per heavy atom. The van der Waals surface area contributed by atoms with E-state index in [1.54, 1.807) is 0 Å². The van der Waals surface area contributed by atoms with Gasteiger partial charge in [0.25, 0.3) is 6.43 Å². The molecule has 1 aliphatic rings. The van der Waals surface area contributed by atoms with Gasteiger partial charge in [0, 0.05) is 25.5 Å². The maximum atomic E-state index is 12.9. The molecular weight excluding hydrogens is 238 g/mol. The fourth-order valence-corrected chi connectivity index (χ4v) is 2.47. The molecule has 6 heteroatoms. The normalized spacial score (nSPS) is 20.4. The number of aromatic nitrogens is 2. The summed E-state index contributed by atoms with van der Waals surface area (Å²) in [5.74, 6) is 0.797. The lowest BCUT2D eigenvalue weighted by molar-refractivity contribution is 0.146. The molecule has 4 nitrogen and oxygen atoms in total. The molecule has 18 heavy (non-hydrogen) atoms. The SMILES string of the molecule is NCCC1CCCN(c2nccnc2C(F)F)C1. The first-order chi connectivity index (χ1) is 8.72. The lowest BCUT2D eigenvalue weighted by atomic mass is 9.95. The number of halogens is 2. The molecule has 1 unspecified atom stereocenters. The van der Waals surface area contributed by atoms with Crippen LogP contribution in [0.15, 0.2) is 12.4 Å². The van der Waals surface area contributed by atoms with E-state index >= 15 is 0 Å². The number of hydrogen-bond acceptors (Lipinski definition) is 4. The van der Waals surface area contributed by atoms with Gasteiger partial charge in [-0.05, 0) is 31.7 Å². The lowest BCUT2D eigenvalue weighted by Crippen LogP contribution is -2.37. The van der Waals surface area contributed by atoms with Crippen molar-refractivity contribution in [2.45, 2.75) is 25.7 Å². The van der Waals surface area contributed by atoms with Crippen LogP contribution in [0.25, 0.3) is 0 Å². The number of nitrogens with zero attached hydrogens (tertiary/aromatic N) is 3. The van der Waals surface area contributed by atoms with Gasteiger partial charge >= 0.3 is 0 Å². The van der Waals surface area contributed by atoms with Gasteiger partial charge < -0.3 is 10.6 Å². The predicted octanol–water partition coefficient (Wildman–Crippen LogP) is 1.98. The number of rotatable bonds is 4. The summed E-state index contributed by atoms with van der Waals surface area (Å²) >= 11 is 0. The number of hydrogen-bond donors (Lipinski definition) is 1. The molecule has 0 radical (unpaired) electrons. The van der Waals surface area contributed by atoms with Crippen molar-refractivity contribution < 1.29 is 8.78 Å². The Balaban J connectivity index is 2.15. The van der Waals surface area contributed by atoms with Crippen LogP contribution >= 0.6 is 0 Å². The van der Waals surface area contributed by atoms with Crippen LogP contribution in [0.2, 0.25) is 0 Å². The van der Waals surface area contributed by atoms with Crippen LogP contribution < -0.4 is 10.6 Å². The lowest BCUT2D eigenvalue weighted by Gasteiger charge is -2.34. The summed E-state index contributed by atoms with van der Waals surface area (Å²) in [4.78, 5) is 9.73. The minimum absolute atomic E-state index is 0.217. The monoisotopic (exact) mass is 256 g/mol. The van der Waals surface area contributed by atoms with Crippen LogP contribution in [-0.4, -0.2) is 29.6 Å². The van der Waals surface area contributed by atoms with Crippen LogP contribution in [0.3, 0.4) is 0 Å². The molecule has 1 aliphatic heterocycles. The molecule has 2 heterocycles. The van der Waals surface area contributed by atoms with Gasteiger partial charge in [0.05, 0.1) is 0 Å². The summed E-state index contributed by atoms with van der Waals surface area (Å²) in [7, 11) is 0. The molecule has 1 fully saturated rings. The van der Waals surface area contributed by atoms with Crippen molar-refractivity contribution in [1.82, 2.24) is 9.97 Å². The minimum atomic E-state index is -2.58. The summed E-state index contributed by atoms with van der Waals surface area (Å²) in [6, 6.07) is 0. The van der Waals surface area contributed by atoms with E-state index in [1.807, 2.05) is 4.90 Å². The molecule has 2 N–H and O–H groups in total. The Kier molecular flexibility index (Phi) is 4.41. The molecule has 0 aromatic carbocycles. The number of anilines is 1. The molecular formula is C12H18F2N4. The molecule has 0 bridgehead atoms. The summed E-state index contributed by atoms with van der Waals surface area (Å²) in [5.41, 5.74) is 5.34. The third kappa shape index (κ3) is 2.93. The zero-order valence-electron chi connectivity index (χ0n) is 10.2. The van der Waals surface area contributed by atoms with Crippen molar-refractivity contribution in [3.05, 3.63) is 18.1 Å². The van der Waals surface area contributed by atoms with Crippen LogP contribution in [-0.2, 0) is 0 Å². The maximum Gasteiger partial charge on any atom is 0.284 e. The van der Waals surface area contributed by atoms with E-state index in [-0.39, 0.29) is 5.69 Å². The Bertz CT molecular complexity index is 384. The van der Waals surface area contributed by atoms with E-state index in [4.69, 9.17) is 5.73 Å². The Morgan fingerprint density at radius 3 is 2.89 bits per heavy atom. The first-order valence-corrected chi connectivity index (χ1v) is 6.26. The second-order valence-corrected chi connectivity index (χ2v) is 4.60. The largest absolute Gasteiger partial charge is 0.355 e. The van der Waals surface area contributed by atoms with E-state index < -0.39 is 6.43 Å². The highest BCUT2D eigenvalue weighted by atomic mass is 19.3. The van der Waals surface area contributed by atoms with Crippen LogP contribution in [0.1, 0.15) is 31.4 Å². The zero-order valence-corrected chi connectivity index (χ0v) is 10.2. The summed E-state index contributed by atoms with van der Waals surface area (Å²) in [6.45, 7) is 2.15. The van der Waals surface area contributed by atoms with E-state index in [9.17, 15) is 8.78 Å². The molecule has 100 valence electrons. The van der Waals surface area contributed by atoms with Gasteiger partial charge in [0.15, 0.2) is 5.82 Å². The second kappa shape index (κ2) is 6.04. The van der Waals surface area contributed by atoms with Crippen LogP contribution in [0, 0.1) is 5.92 Å². The van der Waals surface area contributed by atoms with E-state index in [0.717, 1.165) is 32.4 Å². The van der Waals surface area contributed by atoms with Gasteiger partial charge in [0.2, 0.25) is 0 Å². The second-order valence-electron chi connectivity index (χ2n) is 4.60. The Morgan fingerprint density at radius 1 is 1.39 bits per heavy atom. The van der Waals surface area contributed by atoms with Crippen LogP contribution in [0.4, 0.5) is 14.6 Å². The van der Waals surface area contributed by atoms with Gasteiger partial charge in [-0.1, -0.05) is 0 Å². The fraction of sp³-hybridized carbons (Fsp3) is 0.667. The molecule has 0 spiro atoms. The molecule has 1 aromatic rings. The molecule has 0 amide bonds. The van der Waals surface area contributed by atoms with Gasteiger partial charge in [-0.15, -0.1) is 0 Å². The average molecular weight is 256 g/mol. The molecule has 1 aromatic heterocycles. The van der Waals surface area contributed by atoms with Crippen molar-refractivity contribution in [1.29, 1.82) is 0 Å². The van der Waals surface area contributed by atoms with E-state index in [0.29, 0.717) is 18.3 Å². The first kappa shape index (κ1) is 13.1. The summed E-state index contributed by atoms with van der Waals surface area (Å²) in [5, 5.41) is 0. The van der Waals surface area contributed by atoms with Gasteiger partial charge in [-0.25, -0.2) is 18.7 Å². The zero-order chi connectivity index (χ0) is 13.0. The standard InChI is InChI=1S/C12H18F2N4/c13-11(14)10-12(17-6-5-16-10)18-7-1-2-9(8-18)3-4-15/h5-6,9,11H,1-4,7-8,15H2. The average Bonchev–Trinajstić information content (AvgIpc) is 2.39. The molecule has 0 saturated carbocycles. The third-order valence-corrected chi connectivity index (χ3v) is 3.31. The Hall–Kier alpha value is -1.30.